The number of aryl methyl sites for hydroxylation is 2. The maximum absolute atomic E-state index is 12.3. The zero-order chi connectivity index (χ0) is 21.0. The first-order valence-electron chi connectivity index (χ1n) is 8.83. The van der Waals surface area contributed by atoms with Crippen molar-refractivity contribution in [3.05, 3.63) is 53.5 Å². The Morgan fingerprint density at radius 3 is 2.57 bits per heavy atom. The van der Waals surface area contributed by atoms with Crippen LogP contribution in [0.2, 0.25) is 0 Å². The Kier molecular flexibility index (Phi) is 8.39. The standard InChI is InChI=1S/C20H18N4O5.K.H/c1-2-24-10-15(20(27)28)17(11-24)22-18(26)8-7-16-14(9-21)19(29-23-16)12-3-5-13(25)6-4-12;;/h3-6,10-11,25H,2,7-8H2,1H3,(H,22,26)(H,27,28);;. The average Bonchev–Trinajstić information content (AvgIpc) is 3.30. The first-order valence-corrected chi connectivity index (χ1v) is 8.83. The molecule has 0 spiro atoms. The number of carboxylic acids is 1. The molecule has 0 bridgehead atoms. The van der Waals surface area contributed by atoms with Gasteiger partial charge in [0.25, 0.3) is 0 Å². The number of hydrogen-bond donors (Lipinski definition) is 3. The molecule has 0 aliphatic carbocycles. The molecule has 150 valence electrons. The van der Waals surface area contributed by atoms with Crippen molar-refractivity contribution in [2.45, 2.75) is 26.3 Å². The van der Waals surface area contributed by atoms with Crippen LogP contribution in [0.15, 0.2) is 41.2 Å². The van der Waals surface area contributed by atoms with Gasteiger partial charge < -0.3 is 24.6 Å². The van der Waals surface area contributed by atoms with Gasteiger partial charge >= 0.3 is 57.4 Å². The van der Waals surface area contributed by atoms with E-state index in [2.05, 4.69) is 10.5 Å². The summed E-state index contributed by atoms with van der Waals surface area (Å²) in [5.41, 5.74) is 1.35. The third kappa shape index (κ3) is 5.38. The van der Waals surface area contributed by atoms with Gasteiger partial charge in [0.05, 0.1) is 5.69 Å². The van der Waals surface area contributed by atoms with E-state index in [1.165, 1.54) is 18.3 Å². The molecule has 0 saturated carbocycles. The van der Waals surface area contributed by atoms with E-state index in [4.69, 9.17) is 4.52 Å². The maximum atomic E-state index is 12.3. The Hall–Kier alpha value is -2.42. The van der Waals surface area contributed by atoms with Crippen molar-refractivity contribution >= 4 is 68.9 Å². The van der Waals surface area contributed by atoms with Crippen LogP contribution in [0.5, 0.6) is 5.75 Å². The molecule has 30 heavy (non-hydrogen) atoms. The molecule has 0 radical (unpaired) electrons. The second-order valence-electron chi connectivity index (χ2n) is 6.26. The molecule has 0 saturated heterocycles. The van der Waals surface area contributed by atoms with E-state index in [0.717, 1.165) is 0 Å². The number of phenolic OH excluding ortho intramolecular Hbond substituents is 1. The zero-order valence-corrected chi connectivity index (χ0v) is 15.5. The van der Waals surface area contributed by atoms with Crippen LogP contribution in [0.4, 0.5) is 5.69 Å². The van der Waals surface area contributed by atoms with E-state index >= 15 is 0 Å². The van der Waals surface area contributed by atoms with Gasteiger partial charge in [-0.05, 0) is 31.2 Å². The summed E-state index contributed by atoms with van der Waals surface area (Å²) in [5, 5.41) is 34.6. The van der Waals surface area contributed by atoms with E-state index in [1.54, 1.807) is 22.9 Å². The summed E-state index contributed by atoms with van der Waals surface area (Å²) in [7, 11) is 0. The third-order valence-electron chi connectivity index (χ3n) is 4.34. The second-order valence-corrected chi connectivity index (χ2v) is 6.26. The van der Waals surface area contributed by atoms with E-state index < -0.39 is 11.9 Å². The van der Waals surface area contributed by atoms with Crippen LogP contribution in [0, 0.1) is 11.3 Å². The number of carboxylic acid groups (broad SMARTS) is 1. The van der Waals surface area contributed by atoms with Gasteiger partial charge in [0.2, 0.25) is 5.91 Å². The number of phenols is 1. The van der Waals surface area contributed by atoms with Gasteiger partial charge in [0, 0.05) is 37.3 Å². The van der Waals surface area contributed by atoms with Crippen molar-refractivity contribution in [3.63, 3.8) is 0 Å². The number of carbonyl (C=O) groups is 2. The van der Waals surface area contributed by atoms with Gasteiger partial charge in [-0.25, -0.2) is 4.79 Å². The second kappa shape index (κ2) is 10.6. The molecule has 1 amide bonds. The predicted molar refractivity (Wildman–Crippen MR) is 109 cm³/mol. The number of aromatic hydroxyl groups is 1. The number of nitrogens with one attached hydrogen (secondary N) is 1. The molecule has 1 aromatic carbocycles. The summed E-state index contributed by atoms with van der Waals surface area (Å²) in [6, 6.07) is 8.16. The van der Waals surface area contributed by atoms with Crippen LogP contribution < -0.4 is 5.32 Å². The number of aromatic nitrogens is 2. The number of benzene rings is 1. The van der Waals surface area contributed by atoms with Crippen LogP contribution in [0.3, 0.4) is 0 Å². The molecule has 9 nitrogen and oxygen atoms in total. The minimum atomic E-state index is -1.13. The molecule has 0 atom stereocenters. The van der Waals surface area contributed by atoms with Crippen LogP contribution in [-0.4, -0.2) is 83.2 Å². The van der Waals surface area contributed by atoms with Crippen molar-refractivity contribution in [1.82, 2.24) is 9.72 Å². The summed E-state index contributed by atoms with van der Waals surface area (Å²) in [4.78, 5) is 23.6. The molecular formula is C20H19KN4O5. The molecule has 0 fully saturated rings. The number of nitrogens with zero attached hydrogens (tertiary/aromatic N) is 3. The molecular weight excluding hydrogens is 415 g/mol. The number of amides is 1. The molecule has 3 N–H and O–H groups in total. The van der Waals surface area contributed by atoms with Gasteiger partial charge in [0.15, 0.2) is 5.76 Å². The van der Waals surface area contributed by atoms with Gasteiger partial charge in [0.1, 0.15) is 28.6 Å². The normalized spacial score (nSPS) is 10.1. The van der Waals surface area contributed by atoms with Gasteiger partial charge in [-0.3, -0.25) is 4.79 Å². The Balaban J connectivity index is 0.00000320. The Labute approximate surface area is 214 Å². The van der Waals surface area contributed by atoms with Crippen molar-refractivity contribution in [2.75, 3.05) is 5.32 Å². The first kappa shape index (κ1) is 23.9. The fraction of sp³-hybridized carbons (Fsp3) is 0.200. The fourth-order valence-electron chi connectivity index (χ4n) is 2.82. The van der Waals surface area contributed by atoms with Crippen molar-refractivity contribution < 1.29 is 24.3 Å². The predicted octanol–water partition coefficient (Wildman–Crippen LogP) is 2.36. The number of hydrogen-bond acceptors (Lipinski definition) is 6. The van der Waals surface area contributed by atoms with Crippen molar-refractivity contribution in [3.8, 4) is 23.1 Å². The van der Waals surface area contributed by atoms with E-state index in [9.17, 15) is 25.1 Å². The SMILES string of the molecule is CCn1cc(NC(=O)CCc2noc(-c3ccc(O)cc3)c2C#N)c(C(=O)O)c1.[KH]. The van der Waals surface area contributed by atoms with Gasteiger partial charge in [-0.15, -0.1) is 0 Å². The molecule has 10 heteroatoms. The van der Waals surface area contributed by atoms with E-state index in [-0.39, 0.29) is 92.6 Å². The zero-order valence-electron chi connectivity index (χ0n) is 15.5. The summed E-state index contributed by atoms with van der Waals surface area (Å²) in [5.74, 6) is -1.19. The van der Waals surface area contributed by atoms with Crippen LogP contribution >= 0.6 is 0 Å². The average molecular weight is 434 g/mol. The monoisotopic (exact) mass is 434 g/mol. The number of anilines is 1. The van der Waals surface area contributed by atoms with Crippen LogP contribution in [0.25, 0.3) is 11.3 Å². The topological polar surface area (TPSA) is 141 Å². The third-order valence-corrected chi connectivity index (χ3v) is 4.34. The number of aromatic carboxylic acids is 1. The Bertz CT molecular complexity index is 1100. The summed E-state index contributed by atoms with van der Waals surface area (Å²) in [6.45, 7) is 2.43. The van der Waals surface area contributed by atoms with Crippen LogP contribution in [-0.2, 0) is 17.8 Å². The summed E-state index contributed by atoms with van der Waals surface area (Å²) >= 11 is 0. The Morgan fingerprint density at radius 1 is 1.27 bits per heavy atom. The van der Waals surface area contributed by atoms with E-state index in [0.29, 0.717) is 17.8 Å². The molecule has 0 aliphatic rings. The number of carbonyl (C=O) groups excluding carboxylic acids is 1. The number of rotatable bonds is 7. The molecule has 2 heterocycles. The molecule has 0 unspecified atom stereocenters. The van der Waals surface area contributed by atoms with Crippen molar-refractivity contribution in [2.24, 2.45) is 0 Å². The molecule has 3 rings (SSSR count). The molecule has 0 aliphatic heterocycles. The van der Waals surface area contributed by atoms with E-state index in [1.807, 2.05) is 13.0 Å². The Morgan fingerprint density at radius 2 is 1.97 bits per heavy atom. The molecule has 3 aromatic rings. The van der Waals surface area contributed by atoms with Gasteiger partial charge in [-0.2, -0.15) is 5.26 Å². The number of nitriles is 1. The summed E-state index contributed by atoms with van der Waals surface area (Å²) in [6.07, 6.45) is 3.15. The van der Waals surface area contributed by atoms with Gasteiger partial charge in [-0.1, -0.05) is 5.16 Å². The van der Waals surface area contributed by atoms with Crippen LogP contribution in [0.1, 0.15) is 35.0 Å². The van der Waals surface area contributed by atoms with Crippen molar-refractivity contribution in [1.29, 1.82) is 5.26 Å². The summed E-state index contributed by atoms with van der Waals surface area (Å²) < 4.78 is 6.93. The first-order chi connectivity index (χ1) is 13.9. The molecule has 2 aromatic heterocycles. The minimum absolute atomic E-state index is 0. The quantitative estimate of drug-likeness (QED) is 0.485. The fourth-order valence-corrected chi connectivity index (χ4v) is 2.82.